The van der Waals surface area contributed by atoms with Crippen molar-refractivity contribution in [3.05, 3.63) is 0 Å². The van der Waals surface area contributed by atoms with Gasteiger partial charge in [0.2, 0.25) is 0 Å². The van der Waals surface area contributed by atoms with Crippen LogP contribution in [-0.2, 0) is 28.7 Å². The molecule has 0 aromatic carbocycles. The van der Waals surface area contributed by atoms with Crippen molar-refractivity contribution in [2.75, 3.05) is 0 Å². The van der Waals surface area contributed by atoms with E-state index in [1.54, 1.807) is 0 Å². The molecule has 4 heteroatoms. The molecular formula is H4AlHfInO. The van der Waals surface area contributed by atoms with Gasteiger partial charge >= 0.3 is 27.2 Å². The van der Waals surface area contributed by atoms with Gasteiger partial charge in [0.15, 0.2) is 17.4 Å². The molecule has 0 aliphatic heterocycles. The summed E-state index contributed by atoms with van der Waals surface area (Å²) in [5.41, 5.74) is 0. The van der Waals surface area contributed by atoms with Crippen molar-refractivity contribution in [2.24, 2.45) is 0 Å². The van der Waals surface area contributed by atoms with Crippen molar-refractivity contribution in [3.63, 3.8) is 0 Å². The summed E-state index contributed by atoms with van der Waals surface area (Å²) >= 11 is -0.1000. The van der Waals surface area contributed by atoms with E-state index in [-0.39, 0.29) is 67.6 Å². The van der Waals surface area contributed by atoms with E-state index in [4.69, 9.17) is 2.85 Å². The van der Waals surface area contributed by atoms with E-state index in [0.29, 0.717) is 0 Å². The average molecular weight is 340 g/mol. The van der Waals surface area contributed by atoms with E-state index in [0.717, 1.165) is 0 Å². The number of hydrogen-bond donors (Lipinski definition) is 0. The topological polar surface area (TPSA) is 17.1 Å². The van der Waals surface area contributed by atoms with Gasteiger partial charge in [-0.05, 0) is 0 Å². The minimum absolute atomic E-state index is 0. The Bertz CT molecular complexity index is 8.00. The van der Waals surface area contributed by atoms with Crippen molar-refractivity contribution in [3.8, 4) is 0 Å². The van der Waals surface area contributed by atoms with Gasteiger partial charge in [0.05, 0.1) is 0 Å². The molecule has 0 aromatic heterocycles. The Morgan fingerprint density at radius 1 is 1.25 bits per heavy atom. The molecule has 0 aliphatic carbocycles. The zero-order chi connectivity index (χ0) is 2.00. The van der Waals surface area contributed by atoms with Crippen molar-refractivity contribution < 1.29 is 28.7 Å². The molecule has 1 nitrogen and oxygen atoms in total. The second-order valence-electron chi connectivity index (χ2n) is 0. The van der Waals surface area contributed by atoms with Crippen LogP contribution in [0.15, 0.2) is 0 Å². The number of hydrogen-bond acceptors (Lipinski definition) is 1. The third-order valence-corrected chi connectivity index (χ3v) is 0. The van der Waals surface area contributed by atoms with Crippen LogP contribution in [0.4, 0.5) is 0 Å². The van der Waals surface area contributed by atoms with Crippen LogP contribution in [0.1, 0.15) is 0 Å². The molecule has 0 unspecified atom stereocenters. The summed E-state index contributed by atoms with van der Waals surface area (Å²) in [5.74, 6) is 0. The van der Waals surface area contributed by atoms with Crippen molar-refractivity contribution in [1.82, 2.24) is 0 Å². The molecule has 0 N–H and O–H groups in total. The normalized spacial score (nSPS) is 0.750. The number of rotatable bonds is 0. The zero-order valence-electron chi connectivity index (χ0n) is 1.62. The molecule has 4 heavy (non-hydrogen) atoms. The summed E-state index contributed by atoms with van der Waals surface area (Å²) < 4.78 is 8.42. The summed E-state index contributed by atoms with van der Waals surface area (Å²) in [6.07, 6.45) is 0. The standard InChI is InChI=1S/Al.Hf.In.O.4H. The quantitative estimate of drug-likeness (QED) is 0.469. The van der Waals surface area contributed by atoms with Crippen molar-refractivity contribution in [2.45, 2.75) is 0 Å². The maximum absolute atomic E-state index is 8.42. The Balaban J connectivity index is -0.00000000500. The third-order valence-electron chi connectivity index (χ3n) is 0. The van der Waals surface area contributed by atoms with Crippen LogP contribution >= 0.6 is 0 Å². The Kier molecular flexibility index (Phi) is 81.0. The summed E-state index contributed by atoms with van der Waals surface area (Å²) in [4.78, 5) is 0. The molecular weight excluding hydrogens is 336 g/mol. The van der Waals surface area contributed by atoms with Crippen LogP contribution in [0, 0.1) is 0 Å². The van der Waals surface area contributed by atoms with E-state index in [9.17, 15) is 0 Å². The van der Waals surface area contributed by atoms with Gasteiger partial charge in [0.1, 0.15) is 0 Å². The molecule has 0 saturated carbocycles. The molecule has 0 spiro atoms. The Labute approximate surface area is 69.5 Å². The molecule has 0 rings (SSSR count). The molecule has 0 amide bonds. The fourth-order valence-electron chi connectivity index (χ4n) is 0. The first kappa shape index (κ1) is 16.6. The van der Waals surface area contributed by atoms with Crippen LogP contribution in [0.2, 0.25) is 0 Å². The monoisotopic (exact) mass is 342 g/mol. The average Bonchev–Trinajstić information content (AvgIpc) is 1.00. The molecule has 0 fully saturated rings. The van der Waals surface area contributed by atoms with Crippen LogP contribution in [0.25, 0.3) is 0 Å². The van der Waals surface area contributed by atoms with E-state index in [1.807, 2.05) is 0 Å². The van der Waals surface area contributed by atoms with Crippen molar-refractivity contribution in [1.29, 1.82) is 0 Å². The zero-order valence-corrected chi connectivity index (χ0v) is 9.24. The fraction of sp³-hybridized carbons (Fsp3) is 0. The van der Waals surface area contributed by atoms with Crippen LogP contribution in [-0.4, -0.2) is 41.7 Å². The van der Waals surface area contributed by atoms with Crippen molar-refractivity contribution >= 4 is 41.7 Å². The molecule has 20 valence electrons. The van der Waals surface area contributed by atoms with Crippen LogP contribution in [0.3, 0.4) is 0 Å². The Morgan fingerprint density at radius 2 is 1.25 bits per heavy atom. The summed E-state index contributed by atoms with van der Waals surface area (Å²) in [6.45, 7) is 0. The first-order valence-corrected chi connectivity index (χ1v) is 1.94. The van der Waals surface area contributed by atoms with Gasteiger partial charge < -0.3 is 0 Å². The first-order chi connectivity index (χ1) is 1.00. The Hall–Kier alpha value is 2.07. The van der Waals surface area contributed by atoms with E-state index < -0.39 is 0 Å². The summed E-state index contributed by atoms with van der Waals surface area (Å²) in [6, 6.07) is 0. The minimum atomic E-state index is -0.1000. The maximum atomic E-state index is 8.42. The second-order valence-corrected chi connectivity index (χ2v) is 0. The molecule has 0 aliphatic rings. The molecule has 0 atom stereocenters. The SMILES string of the molecule is [AlH3].[Hf].[O]=[InH]. The molecule has 0 radical (unpaired) electrons. The van der Waals surface area contributed by atoms with Gasteiger partial charge in [-0.3, -0.25) is 0 Å². The van der Waals surface area contributed by atoms with E-state index in [1.165, 1.54) is 0 Å². The molecule has 0 bridgehead atoms. The van der Waals surface area contributed by atoms with Gasteiger partial charge in [0.25, 0.3) is 0 Å². The molecule has 0 aromatic rings. The Morgan fingerprint density at radius 3 is 1.25 bits per heavy atom. The van der Waals surface area contributed by atoms with E-state index in [2.05, 4.69) is 0 Å². The third kappa shape index (κ3) is 8.95. The molecule has 0 heterocycles. The first-order valence-electron chi connectivity index (χ1n) is 0.289. The van der Waals surface area contributed by atoms with Gasteiger partial charge in [0, 0.05) is 25.8 Å². The predicted octanol–water partition coefficient (Wildman–Crippen LogP) is -1.95. The van der Waals surface area contributed by atoms with Gasteiger partial charge in [-0.2, -0.15) is 0 Å². The second kappa shape index (κ2) is 19.6. The fourth-order valence-corrected chi connectivity index (χ4v) is 0. The van der Waals surface area contributed by atoms with Crippen LogP contribution < -0.4 is 0 Å². The van der Waals surface area contributed by atoms with Gasteiger partial charge in [-0.25, -0.2) is 0 Å². The van der Waals surface area contributed by atoms with E-state index >= 15 is 0 Å². The predicted molar refractivity (Wildman–Crippen MR) is 17.8 cm³/mol. The van der Waals surface area contributed by atoms with Gasteiger partial charge in [-0.1, -0.05) is 0 Å². The van der Waals surface area contributed by atoms with Gasteiger partial charge in [-0.15, -0.1) is 0 Å². The summed E-state index contributed by atoms with van der Waals surface area (Å²) in [5, 5.41) is 0. The molecule has 0 saturated heterocycles. The summed E-state index contributed by atoms with van der Waals surface area (Å²) in [7, 11) is 0. The van der Waals surface area contributed by atoms with Crippen LogP contribution in [0.5, 0.6) is 0 Å².